The van der Waals surface area contributed by atoms with Crippen LogP contribution in [0.15, 0.2) is 29.3 Å². The number of carboxylic acids is 2. The lowest BCUT2D eigenvalue weighted by atomic mass is 10.1. The van der Waals surface area contributed by atoms with Crippen molar-refractivity contribution >= 4 is 35.6 Å². The SMILES string of the molecule is NC(N)=NCCCC(NC(=O)C(CC(=O)O)NC(=O)C(CO)NC(=O)C(N)Cc1ccc(O)cc1)C(=O)O. The lowest BCUT2D eigenvalue weighted by Gasteiger charge is -2.23. The highest BCUT2D eigenvalue weighted by molar-refractivity contribution is 5.95. The molecule has 0 spiro atoms. The van der Waals surface area contributed by atoms with Gasteiger partial charge in [-0.25, -0.2) is 4.79 Å². The number of nitrogens with one attached hydrogen (secondary N) is 3. The summed E-state index contributed by atoms with van der Waals surface area (Å²) < 4.78 is 0. The van der Waals surface area contributed by atoms with Crippen molar-refractivity contribution in [1.29, 1.82) is 0 Å². The Labute approximate surface area is 217 Å². The second kappa shape index (κ2) is 15.6. The number of phenolic OH excluding ortho intramolecular Hbond substituents is 1. The Morgan fingerprint density at radius 1 is 0.868 bits per heavy atom. The zero-order valence-electron chi connectivity index (χ0n) is 20.4. The number of phenols is 1. The highest BCUT2D eigenvalue weighted by atomic mass is 16.4. The van der Waals surface area contributed by atoms with Gasteiger partial charge in [-0.3, -0.25) is 24.2 Å². The number of nitrogens with zero attached hydrogens (tertiary/aromatic N) is 1. The average molecular weight is 540 g/mol. The molecule has 38 heavy (non-hydrogen) atoms. The van der Waals surface area contributed by atoms with Crippen LogP contribution in [0.5, 0.6) is 5.75 Å². The Balaban J connectivity index is 2.82. The van der Waals surface area contributed by atoms with Gasteiger partial charge in [0.1, 0.15) is 23.9 Å². The summed E-state index contributed by atoms with van der Waals surface area (Å²) in [7, 11) is 0. The summed E-state index contributed by atoms with van der Waals surface area (Å²) in [5, 5.41) is 43.9. The Morgan fingerprint density at radius 3 is 1.95 bits per heavy atom. The maximum Gasteiger partial charge on any atom is 0.326 e. The number of aliphatic hydroxyl groups is 1. The predicted molar refractivity (Wildman–Crippen MR) is 132 cm³/mol. The van der Waals surface area contributed by atoms with Gasteiger partial charge in [0.2, 0.25) is 17.7 Å². The second-order valence-electron chi connectivity index (χ2n) is 8.23. The molecule has 210 valence electrons. The highest BCUT2D eigenvalue weighted by Crippen LogP contribution is 2.11. The number of nitrogens with two attached hydrogens (primary N) is 3. The molecule has 0 heterocycles. The van der Waals surface area contributed by atoms with Crippen LogP contribution < -0.4 is 33.2 Å². The normalized spacial score (nSPS) is 13.7. The van der Waals surface area contributed by atoms with Gasteiger partial charge in [-0.05, 0) is 37.0 Å². The molecule has 0 saturated carbocycles. The molecule has 4 unspecified atom stereocenters. The van der Waals surface area contributed by atoms with E-state index in [2.05, 4.69) is 20.9 Å². The van der Waals surface area contributed by atoms with Crippen molar-refractivity contribution in [3.8, 4) is 5.75 Å². The van der Waals surface area contributed by atoms with E-state index in [-0.39, 0.29) is 37.5 Å². The molecule has 0 aliphatic heterocycles. The Hall–Kier alpha value is -4.44. The summed E-state index contributed by atoms with van der Waals surface area (Å²) in [6, 6.07) is -0.0140. The minimum absolute atomic E-state index is 0.0179. The summed E-state index contributed by atoms with van der Waals surface area (Å²) in [6.45, 7) is -0.822. The molecular weight excluding hydrogens is 506 g/mol. The first-order valence-electron chi connectivity index (χ1n) is 11.4. The van der Waals surface area contributed by atoms with E-state index in [4.69, 9.17) is 22.3 Å². The molecule has 13 N–H and O–H groups in total. The molecule has 4 atom stereocenters. The summed E-state index contributed by atoms with van der Waals surface area (Å²) in [5.41, 5.74) is 16.8. The molecule has 0 aromatic heterocycles. The van der Waals surface area contributed by atoms with E-state index in [1.54, 1.807) is 12.1 Å². The maximum absolute atomic E-state index is 12.6. The van der Waals surface area contributed by atoms with Crippen molar-refractivity contribution < 1.29 is 44.4 Å². The number of aliphatic carboxylic acids is 2. The molecule has 16 nitrogen and oxygen atoms in total. The molecule has 1 rings (SSSR count). The topological polar surface area (TPSA) is 293 Å². The summed E-state index contributed by atoms with van der Waals surface area (Å²) in [5.74, 6) is -6.10. The summed E-state index contributed by atoms with van der Waals surface area (Å²) in [4.78, 5) is 64.2. The molecule has 0 bridgehead atoms. The van der Waals surface area contributed by atoms with Gasteiger partial charge >= 0.3 is 11.9 Å². The molecule has 0 radical (unpaired) electrons. The minimum Gasteiger partial charge on any atom is -0.508 e. The number of amides is 3. The van der Waals surface area contributed by atoms with Crippen LogP contribution >= 0.6 is 0 Å². The Kier molecular flexibility index (Phi) is 13.0. The molecule has 0 aliphatic carbocycles. The van der Waals surface area contributed by atoms with Crippen molar-refractivity contribution in [2.24, 2.45) is 22.2 Å². The highest BCUT2D eigenvalue weighted by Gasteiger charge is 2.31. The van der Waals surface area contributed by atoms with E-state index in [0.717, 1.165) is 0 Å². The first kappa shape index (κ1) is 31.6. The second-order valence-corrected chi connectivity index (χ2v) is 8.23. The van der Waals surface area contributed by atoms with Gasteiger partial charge in [-0.2, -0.15) is 0 Å². The van der Waals surface area contributed by atoms with E-state index < -0.39 is 66.9 Å². The number of benzene rings is 1. The van der Waals surface area contributed by atoms with Gasteiger partial charge in [0.05, 0.1) is 19.1 Å². The van der Waals surface area contributed by atoms with E-state index in [1.165, 1.54) is 12.1 Å². The van der Waals surface area contributed by atoms with Crippen LogP contribution in [0.1, 0.15) is 24.8 Å². The fourth-order valence-corrected chi connectivity index (χ4v) is 3.14. The van der Waals surface area contributed by atoms with Crippen molar-refractivity contribution in [3.05, 3.63) is 29.8 Å². The van der Waals surface area contributed by atoms with Crippen molar-refractivity contribution in [3.63, 3.8) is 0 Å². The zero-order chi connectivity index (χ0) is 28.8. The quantitative estimate of drug-likeness (QED) is 0.0552. The molecule has 1 aromatic rings. The van der Waals surface area contributed by atoms with Gasteiger partial charge in [-0.15, -0.1) is 0 Å². The van der Waals surface area contributed by atoms with Crippen LogP contribution in [-0.4, -0.2) is 93.4 Å². The standard InChI is InChI=1S/C22H33N7O9/c23-13(8-11-3-5-12(31)6-4-11)18(34)29-16(10-30)20(36)28-15(9-17(32)33)19(35)27-14(21(37)38)2-1-7-26-22(24)25/h3-6,13-16,30-31H,1-2,7-10,23H2,(H,27,35)(H,28,36)(H,29,34)(H,32,33)(H,37,38)(H4,24,25,26). The van der Waals surface area contributed by atoms with Crippen molar-refractivity contribution in [1.82, 2.24) is 16.0 Å². The van der Waals surface area contributed by atoms with E-state index in [0.29, 0.717) is 5.56 Å². The van der Waals surface area contributed by atoms with E-state index in [9.17, 15) is 39.3 Å². The van der Waals surface area contributed by atoms with Crippen LogP contribution in [0.2, 0.25) is 0 Å². The third-order valence-electron chi connectivity index (χ3n) is 5.12. The minimum atomic E-state index is -1.73. The number of hydrogen-bond donors (Lipinski definition) is 10. The van der Waals surface area contributed by atoms with Gasteiger partial charge in [0.15, 0.2) is 5.96 Å². The van der Waals surface area contributed by atoms with Crippen LogP contribution in [0, 0.1) is 0 Å². The maximum atomic E-state index is 12.6. The van der Waals surface area contributed by atoms with Crippen LogP contribution in [0.3, 0.4) is 0 Å². The van der Waals surface area contributed by atoms with Crippen LogP contribution in [0.25, 0.3) is 0 Å². The zero-order valence-corrected chi connectivity index (χ0v) is 20.4. The number of carboxylic acid groups (broad SMARTS) is 2. The first-order valence-corrected chi connectivity index (χ1v) is 11.4. The smallest absolute Gasteiger partial charge is 0.326 e. The molecule has 1 aromatic carbocycles. The van der Waals surface area contributed by atoms with E-state index >= 15 is 0 Å². The number of aliphatic hydroxyl groups excluding tert-OH is 1. The monoisotopic (exact) mass is 539 g/mol. The largest absolute Gasteiger partial charge is 0.508 e. The molecular formula is C22H33N7O9. The molecule has 0 fully saturated rings. The van der Waals surface area contributed by atoms with Gasteiger partial charge in [0.25, 0.3) is 0 Å². The van der Waals surface area contributed by atoms with E-state index in [1.807, 2.05) is 0 Å². The molecule has 0 aliphatic rings. The first-order chi connectivity index (χ1) is 17.8. The fourth-order valence-electron chi connectivity index (χ4n) is 3.14. The number of rotatable bonds is 16. The summed E-state index contributed by atoms with van der Waals surface area (Å²) >= 11 is 0. The number of guanidine groups is 1. The summed E-state index contributed by atoms with van der Waals surface area (Å²) in [6.07, 6.45) is -0.798. The lowest BCUT2D eigenvalue weighted by molar-refractivity contribution is -0.143. The number of carbonyl (C=O) groups is 5. The number of carbonyl (C=O) groups excluding carboxylic acids is 3. The van der Waals surface area contributed by atoms with Gasteiger partial charge in [-0.1, -0.05) is 12.1 Å². The molecule has 3 amide bonds. The third-order valence-corrected chi connectivity index (χ3v) is 5.12. The third kappa shape index (κ3) is 11.5. The number of aliphatic imine (C=N–C) groups is 1. The molecule has 0 saturated heterocycles. The van der Waals surface area contributed by atoms with Gasteiger partial charge < -0.3 is 53.6 Å². The molecule has 16 heteroatoms. The average Bonchev–Trinajstić information content (AvgIpc) is 2.84. The van der Waals surface area contributed by atoms with Gasteiger partial charge in [0, 0.05) is 6.54 Å². The Bertz CT molecular complexity index is 1010. The van der Waals surface area contributed by atoms with Crippen molar-refractivity contribution in [2.45, 2.75) is 49.9 Å². The Morgan fingerprint density at radius 2 is 1.42 bits per heavy atom. The number of aromatic hydroxyl groups is 1. The predicted octanol–water partition coefficient (Wildman–Crippen LogP) is -3.68. The van der Waals surface area contributed by atoms with Crippen molar-refractivity contribution in [2.75, 3.05) is 13.2 Å². The van der Waals surface area contributed by atoms with Crippen LogP contribution in [0.4, 0.5) is 0 Å². The lowest BCUT2D eigenvalue weighted by Crippen LogP contribution is -2.58. The van der Waals surface area contributed by atoms with Crippen LogP contribution in [-0.2, 0) is 30.4 Å². The number of hydrogen-bond acceptors (Lipinski definition) is 9. The fraction of sp³-hybridized carbons (Fsp3) is 0.455.